The van der Waals surface area contributed by atoms with Gasteiger partial charge in [0.1, 0.15) is 0 Å². The smallest absolute Gasteiger partial charge is 0.232 e. The first kappa shape index (κ1) is 18.2. The van der Waals surface area contributed by atoms with E-state index in [2.05, 4.69) is 10.1 Å². The molecule has 1 unspecified atom stereocenters. The summed E-state index contributed by atoms with van der Waals surface area (Å²) in [5.41, 5.74) is 6.74. The van der Waals surface area contributed by atoms with E-state index in [1.807, 2.05) is 30.5 Å². The second kappa shape index (κ2) is 6.97. The van der Waals surface area contributed by atoms with Crippen molar-refractivity contribution in [3.05, 3.63) is 36.0 Å². The fourth-order valence-electron chi connectivity index (χ4n) is 3.29. The molecule has 1 aliphatic heterocycles. The number of aromatic nitrogens is 2. The van der Waals surface area contributed by atoms with Gasteiger partial charge >= 0.3 is 0 Å². The summed E-state index contributed by atoms with van der Waals surface area (Å²) in [6, 6.07) is 8.01. The summed E-state index contributed by atoms with van der Waals surface area (Å²) in [6.07, 6.45) is 5.30. The number of hydrogen-bond acceptors (Lipinski definition) is 6. The van der Waals surface area contributed by atoms with Gasteiger partial charge in [-0.1, -0.05) is 11.2 Å². The number of thioether (sulfide) groups is 1. The number of rotatable bonds is 4. The number of anilines is 1. The molecule has 2 fully saturated rings. The number of carbonyl (C=O) groups excluding carboxylic acids is 1. The maximum absolute atomic E-state index is 12.4. The highest BCUT2D eigenvalue weighted by Gasteiger charge is 2.41. The number of carbonyl (C=O) groups is 1. The van der Waals surface area contributed by atoms with Crippen molar-refractivity contribution in [1.82, 2.24) is 10.1 Å². The summed E-state index contributed by atoms with van der Waals surface area (Å²) in [4.78, 5) is 19.9. The van der Waals surface area contributed by atoms with Crippen LogP contribution in [-0.4, -0.2) is 28.8 Å². The Morgan fingerprint density at radius 2 is 2.20 bits per heavy atom. The predicted octanol–water partition coefficient (Wildman–Crippen LogP) is 3.07. The van der Waals surface area contributed by atoms with Gasteiger partial charge in [-0.3, -0.25) is 4.79 Å². The zero-order valence-electron chi connectivity index (χ0n) is 14.0. The van der Waals surface area contributed by atoms with E-state index in [-0.39, 0.29) is 24.2 Å². The van der Waals surface area contributed by atoms with Crippen LogP contribution in [0.2, 0.25) is 0 Å². The molecule has 6 nitrogen and oxygen atoms in total. The minimum absolute atomic E-state index is 0. The Hall–Kier alpha value is -1.57. The minimum Gasteiger partial charge on any atom is -0.339 e. The lowest BCUT2D eigenvalue weighted by atomic mass is 9.77. The first-order valence-corrected chi connectivity index (χ1v) is 9.39. The average Bonchev–Trinajstić information content (AvgIpc) is 3.19. The summed E-state index contributed by atoms with van der Waals surface area (Å²) in [5.74, 6) is 1.13. The molecular weight excluding hydrogens is 360 g/mol. The largest absolute Gasteiger partial charge is 0.339 e. The van der Waals surface area contributed by atoms with Crippen LogP contribution in [0, 0.1) is 0 Å². The molecule has 4 rings (SSSR count). The first-order chi connectivity index (χ1) is 11.6. The van der Waals surface area contributed by atoms with Crippen LogP contribution in [0.15, 0.2) is 33.7 Å². The molecule has 25 heavy (non-hydrogen) atoms. The van der Waals surface area contributed by atoms with E-state index in [4.69, 9.17) is 10.3 Å². The number of benzene rings is 1. The lowest BCUT2D eigenvalue weighted by molar-refractivity contribution is -0.117. The van der Waals surface area contributed by atoms with Gasteiger partial charge in [-0.25, -0.2) is 0 Å². The third kappa shape index (κ3) is 3.28. The molecule has 1 amide bonds. The van der Waals surface area contributed by atoms with Crippen molar-refractivity contribution < 1.29 is 9.32 Å². The van der Waals surface area contributed by atoms with E-state index >= 15 is 0 Å². The summed E-state index contributed by atoms with van der Waals surface area (Å²) in [5, 5.41) is 4.06. The zero-order chi connectivity index (χ0) is 16.7. The molecule has 2 heterocycles. The summed E-state index contributed by atoms with van der Waals surface area (Å²) in [6.45, 7) is 0.565. The molecule has 2 aromatic rings. The van der Waals surface area contributed by atoms with Crippen LogP contribution in [0.25, 0.3) is 0 Å². The first-order valence-electron chi connectivity index (χ1n) is 8.16. The van der Waals surface area contributed by atoms with Crippen molar-refractivity contribution in [3.8, 4) is 0 Å². The number of nitrogens with zero attached hydrogens (tertiary/aromatic N) is 3. The Kier molecular flexibility index (Phi) is 5.09. The average molecular weight is 381 g/mol. The number of nitrogens with two attached hydrogens (primary N) is 1. The minimum atomic E-state index is -0.434. The van der Waals surface area contributed by atoms with Gasteiger partial charge in [0.2, 0.25) is 11.8 Å². The van der Waals surface area contributed by atoms with Crippen molar-refractivity contribution in [2.45, 2.75) is 42.0 Å². The van der Waals surface area contributed by atoms with Gasteiger partial charge < -0.3 is 15.2 Å². The number of amides is 1. The third-order valence-corrected chi connectivity index (χ3v) is 5.70. The summed E-state index contributed by atoms with van der Waals surface area (Å²) >= 11 is 1.66. The third-order valence-electron chi connectivity index (χ3n) is 4.97. The van der Waals surface area contributed by atoms with Crippen LogP contribution >= 0.6 is 24.2 Å². The second-order valence-corrected chi connectivity index (χ2v) is 7.45. The van der Waals surface area contributed by atoms with Crippen molar-refractivity contribution >= 4 is 35.8 Å². The quantitative estimate of drug-likeness (QED) is 0.820. The Labute approximate surface area is 156 Å². The fourth-order valence-corrected chi connectivity index (χ4v) is 3.74. The monoisotopic (exact) mass is 380 g/mol. The van der Waals surface area contributed by atoms with Crippen molar-refractivity contribution in [1.29, 1.82) is 0 Å². The van der Waals surface area contributed by atoms with Crippen LogP contribution in [0.3, 0.4) is 0 Å². The zero-order valence-corrected chi connectivity index (χ0v) is 15.6. The SMILES string of the molecule is CSc1cccc(N2CC(c3nc(C4(N)CCC4)no3)CC2=O)c1.Cl. The Morgan fingerprint density at radius 3 is 2.88 bits per heavy atom. The van der Waals surface area contributed by atoms with Crippen LogP contribution in [0.4, 0.5) is 5.69 Å². The normalized spacial score (nSPS) is 21.8. The van der Waals surface area contributed by atoms with E-state index in [0.717, 1.165) is 29.8 Å². The number of hydrogen-bond donors (Lipinski definition) is 1. The summed E-state index contributed by atoms with van der Waals surface area (Å²) < 4.78 is 5.42. The van der Waals surface area contributed by atoms with E-state index < -0.39 is 5.54 Å². The van der Waals surface area contributed by atoms with E-state index in [9.17, 15) is 4.79 Å². The Morgan fingerprint density at radius 1 is 1.40 bits per heavy atom. The highest BCUT2D eigenvalue weighted by molar-refractivity contribution is 7.98. The summed E-state index contributed by atoms with van der Waals surface area (Å²) in [7, 11) is 0. The van der Waals surface area contributed by atoms with Crippen molar-refractivity contribution in [2.75, 3.05) is 17.7 Å². The highest BCUT2D eigenvalue weighted by Crippen LogP contribution is 2.38. The molecule has 1 aliphatic carbocycles. The van der Waals surface area contributed by atoms with Crippen LogP contribution in [-0.2, 0) is 10.3 Å². The van der Waals surface area contributed by atoms with Gasteiger partial charge in [-0.2, -0.15) is 4.98 Å². The lowest BCUT2D eigenvalue weighted by Crippen LogP contribution is -2.44. The van der Waals surface area contributed by atoms with Crippen LogP contribution in [0.1, 0.15) is 43.3 Å². The van der Waals surface area contributed by atoms with Crippen molar-refractivity contribution in [3.63, 3.8) is 0 Å². The molecule has 8 heteroatoms. The Balaban J connectivity index is 0.00000182. The maximum Gasteiger partial charge on any atom is 0.232 e. The molecule has 1 atom stereocenters. The lowest BCUT2D eigenvalue weighted by Gasteiger charge is -2.34. The molecule has 2 N–H and O–H groups in total. The second-order valence-electron chi connectivity index (χ2n) is 6.57. The molecule has 0 spiro atoms. The molecule has 1 aromatic carbocycles. The predicted molar refractivity (Wildman–Crippen MR) is 99.2 cm³/mol. The molecular formula is C17H21ClN4O2S. The molecule has 0 bridgehead atoms. The van der Waals surface area contributed by atoms with Gasteiger partial charge in [0.25, 0.3) is 0 Å². The van der Waals surface area contributed by atoms with Crippen molar-refractivity contribution in [2.24, 2.45) is 5.73 Å². The van der Waals surface area contributed by atoms with Gasteiger partial charge in [-0.15, -0.1) is 24.2 Å². The molecule has 1 saturated carbocycles. The standard InChI is InChI=1S/C17H20N4O2S.ClH/c1-24-13-5-2-4-12(9-13)21-10-11(8-14(21)22)15-19-16(20-23-15)17(18)6-3-7-17;/h2,4-5,9,11H,3,6-8,10,18H2,1H3;1H. The van der Waals surface area contributed by atoms with Gasteiger partial charge in [-0.05, 0) is 43.7 Å². The van der Waals surface area contributed by atoms with E-state index in [1.165, 1.54) is 0 Å². The van der Waals surface area contributed by atoms with Crippen LogP contribution < -0.4 is 10.6 Å². The van der Waals surface area contributed by atoms with E-state index in [0.29, 0.717) is 24.7 Å². The maximum atomic E-state index is 12.4. The fraction of sp³-hybridized carbons (Fsp3) is 0.471. The Bertz CT molecular complexity index is 778. The molecule has 1 saturated heterocycles. The van der Waals surface area contributed by atoms with Gasteiger partial charge in [0.05, 0.1) is 11.5 Å². The van der Waals surface area contributed by atoms with Gasteiger partial charge in [0, 0.05) is 23.5 Å². The molecule has 1 aromatic heterocycles. The number of halogens is 1. The van der Waals surface area contributed by atoms with Crippen LogP contribution in [0.5, 0.6) is 0 Å². The topological polar surface area (TPSA) is 85.2 Å². The highest BCUT2D eigenvalue weighted by atomic mass is 35.5. The molecule has 0 radical (unpaired) electrons. The van der Waals surface area contributed by atoms with E-state index in [1.54, 1.807) is 16.7 Å². The molecule has 134 valence electrons. The molecule has 2 aliphatic rings. The van der Waals surface area contributed by atoms with Gasteiger partial charge in [0.15, 0.2) is 5.82 Å².